The minimum atomic E-state index is -1.18. The van der Waals surface area contributed by atoms with Crippen LogP contribution in [0.4, 0.5) is 4.39 Å². The van der Waals surface area contributed by atoms with Gasteiger partial charge in [-0.1, -0.05) is 22.0 Å². The molecule has 1 unspecified atom stereocenters. The number of alkyl halides is 1. The summed E-state index contributed by atoms with van der Waals surface area (Å²) >= 11 is 3.18. The molecule has 0 fully saturated rings. The van der Waals surface area contributed by atoms with Gasteiger partial charge in [0.05, 0.1) is 0 Å². The lowest BCUT2D eigenvalue weighted by Gasteiger charge is -2.08. The van der Waals surface area contributed by atoms with Gasteiger partial charge in [-0.05, 0) is 25.1 Å². The molecule has 0 spiro atoms. The molecule has 0 aromatic heterocycles. The molecule has 1 rings (SSSR count). The Bertz CT molecular complexity index is 293. The maximum Gasteiger partial charge on any atom is 0.130 e. The van der Waals surface area contributed by atoms with Crippen molar-refractivity contribution in [3.05, 3.63) is 28.2 Å². The molecule has 1 aromatic carbocycles. The highest BCUT2D eigenvalue weighted by atomic mass is 79.9. The predicted octanol–water partition coefficient (Wildman–Crippen LogP) is 2.51. The van der Waals surface area contributed by atoms with Crippen molar-refractivity contribution in [2.45, 2.75) is 12.6 Å². The number of hydrogen-bond acceptors (Lipinski definition) is 2. The largest absolute Gasteiger partial charge is 0.508 e. The van der Waals surface area contributed by atoms with Crippen LogP contribution in [0, 0.1) is 0 Å². The molecule has 72 valence electrons. The van der Waals surface area contributed by atoms with E-state index < -0.39 is 6.17 Å². The van der Waals surface area contributed by atoms with E-state index in [1.165, 1.54) is 6.07 Å². The fraction of sp³-hybridized carbons (Fsp3) is 0.333. The topological polar surface area (TPSA) is 46.2 Å². The van der Waals surface area contributed by atoms with Crippen LogP contribution in [0.2, 0.25) is 0 Å². The zero-order valence-corrected chi connectivity index (χ0v) is 8.59. The summed E-state index contributed by atoms with van der Waals surface area (Å²) < 4.78 is 14.0. The number of benzene rings is 1. The molecule has 0 saturated carbocycles. The summed E-state index contributed by atoms with van der Waals surface area (Å²) in [6.07, 6.45) is -0.951. The van der Waals surface area contributed by atoms with E-state index in [2.05, 4.69) is 15.9 Å². The van der Waals surface area contributed by atoms with Crippen LogP contribution in [0.25, 0.3) is 0 Å². The van der Waals surface area contributed by atoms with E-state index in [1.807, 2.05) is 0 Å². The zero-order valence-electron chi connectivity index (χ0n) is 7.00. The van der Waals surface area contributed by atoms with Gasteiger partial charge in [-0.3, -0.25) is 0 Å². The molecule has 0 aliphatic carbocycles. The van der Waals surface area contributed by atoms with Gasteiger partial charge in [0.25, 0.3) is 0 Å². The lowest BCUT2D eigenvalue weighted by atomic mass is 10.1. The first-order valence-electron chi connectivity index (χ1n) is 3.97. The molecule has 4 heteroatoms. The third-order valence-corrected chi connectivity index (χ3v) is 2.24. The van der Waals surface area contributed by atoms with Gasteiger partial charge >= 0.3 is 0 Å². The number of phenolic OH excluding ortho intramolecular Hbond substituents is 1. The van der Waals surface area contributed by atoms with Gasteiger partial charge in [0, 0.05) is 10.0 Å². The van der Waals surface area contributed by atoms with Crippen LogP contribution in [-0.4, -0.2) is 11.7 Å². The van der Waals surface area contributed by atoms with Gasteiger partial charge in [-0.25, -0.2) is 4.39 Å². The van der Waals surface area contributed by atoms with Gasteiger partial charge in [0.15, 0.2) is 0 Å². The Morgan fingerprint density at radius 2 is 2.23 bits per heavy atom. The van der Waals surface area contributed by atoms with E-state index in [9.17, 15) is 9.50 Å². The van der Waals surface area contributed by atoms with Crippen LogP contribution in [-0.2, 0) is 0 Å². The molecule has 1 atom stereocenters. The summed E-state index contributed by atoms with van der Waals surface area (Å²) in [4.78, 5) is 0. The Balaban J connectivity index is 2.88. The summed E-state index contributed by atoms with van der Waals surface area (Å²) in [5, 5.41) is 9.38. The second kappa shape index (κ2) is 4.58. The average Bonchev–Trinajstić information content (AvgIpc) is 2.04. The SMILES string of the molecule is NCCC(F)c1ccc(Br)cc1O. The molecule has 0 aliphatic rings. The van der Waals surface area contributed by atoms with E-state index >= 15 is 0 Å². The van der Waals surface area contributed by atoms with Gasteiger partial charge in [-0.15, -0.1) is 0 Å². The minimum absolute atomic E-state index is 0.0321. The minimum Gasteiger partial charge on any atom is -0.508 e. The van der Waals surface area contributed by atoms with Crippen molar-refractivity contribution in [1.82, 2.24) is 0 Å². The van der Waals surface area contributed by atoms with Crippen molar-refractivity contribution in [2.24, 2.45) is 5.73 Å². The molecule has 0 heterocycles. The lowest BCUT2D eigenvalue weighted by Crippen LogP contribution is -2.03. The number of nitrogens with two attached hydrogens (primary N) is 1. The molecule has 0 aliphatic heterocycles. The van der Waals surface area contributed by atoms with Crippen molar-refractivity contribution >= 4 is 15.9 Å². The van der Waals surface area contributed by atoms with Crippen LogP contribution < -0.4 is 5.73 Å². The highest BCUT2D eigenvalue weighted by Gasteiger charge is 2.12. The Hall–Kier alpha value is -0.610. The normalized spacial score (nSPS) is 12.8. The number of aromatic hydroxyl groups is 1. The van der Waals surface area contributed by atoms with E-state index in [1.54, 1.807) is 12.1 Å². The standard InChI is InChI=1S/C9H11BrFNO/c10-6-1-2-7(9(13)5-6)8(11)3-4-12/h1-2,5,8,13H,3-4,12H2. The quantitative estimate of drug-likeness (QED) is 0.863. The van der Waals surface area contributed by atoms with Crippen molar-refractivity contribution < 1.29 is 9.50 Å². The van der Waals surface area contributed by atoms with Gasteiger partial charge in [0.1, 0.15) is 11.9 Å². The molecule has 0 saturated heterocycles. The lowest BCUT2D eigenvalue weighted by molar-refractivity contribution is 0.315. The molecule has 0 amide bonds. The fourth-order valence-corrected chi connectivity index (χ4v) is 1.43. The third kappa shape index (κ3) is 2.67. The van der Waals surface area contributed by atoms with Crippen molar-refractivity contribution in [2.75, 3.05) is 6.54 Å². The number of phenols is 1. The Morgan fingerprint density at radius 1 is 1.54 bits per heavy atom. The second-order valence-electron chi connectivity index (χ2n) is 2.75. The van der Waals surface area contributed by atoms with Gasteiger partial charge in [-0.2, -0.15) is 0 Å². The Morgan fingerprint density at radius 3 is 2.77 bits per heavy atom. The summed E-state index contributed by atoms with van der Waals surface area (Å²) in [5.74, 6) is -0.0321. The third-order valence-electron chi connectivity index (χ3n) is 1.75. The van der Waals surface area contributed by atoms with Crippen LogP contribution in [0.15, 0.2) is 22.7 Å². The average molecular weight is 248 g/mol. The fourth-order valence-electron chi connectivity index (χ4n) is 1.08. The van der Waals surface area contributed by atoms with Crippen molar-refractivity contribution in [1.29, 1.82) is 0 Å². The Kier molecular flexibility index (Phi) is 3.69. The van der Waals surface area contributed by atoms with Gasteiger partial charge < -0.3 is 10.8 Å². The smallest absolute Gasteiger partial charge is 0.130 e. The van der Waals surface area contributed by atoms with E-state index in [0.29, 0.717) is 5.56 Å². The maximum absolute atomic E-state index is 13.3. The van der Waals surface area contributed by atoms with Crippen LogP contribution in [0.5, 0.6) is 5.75 Å². The van der Waals surface area contributed by atoms with E-state index in [0.717, 1.165) is 4.47 Å². The molecular weight excluding hydrogens is 237 g/mol. The van der Waals surface area contributed by atoms with Gasteiger partial charge in [0.2, 0.25) is 0 Å². The highest BCUT2D eigenvalue weighted by Crippen LogP contribution is 2.31. The maximum atomic E-state index is 13.3. The summed E-state index contributed by atoms with van der Waals surface area (Å²) in [5.41, 5.74) is 5.52. The molecule has 1 aromatic rings. The van der Waals surface area contributed by atoms with E-state index in [4.69, 9.17) is 5.73 Å². The Labute approximate surface area is 84.7 Å². The first-order chi connectivity index (χ1) is 6.15. The zero-order chi connectivity index (χ0) is 9.84. The van der Waals surface area contributed by atoms with Crippen LogP contribution >= 0.6 is 15.9 Å². The second-order valence-corrected chi connectivity index (χ2v) is 3.66. The van der Waals surface area contributed by atoms with Crippen molar-refractivity contribution in [3.63, 3.8) is 0 Å². The molecule has 13 heavy (non-hydrogen) atoms. The summed E-state index contributed by atoms with van der Waals surface area (Å²) in [6.45, 7) is 0.274. The predicted molar refractivity (Wildman–Crippen MR) is 53.3 cm³/mol. The highest BCUT2D eigenvalue weighted by molar-refractivity contribution is 9.10. The molecule has 3 N–H and O–H groups in total. The first-order valence-corrected chi connectivity index (χ1v) is 4.77. The summed E-state index contributed by atoms with van der Waals surface area (Å²) in [6, 6.07) is 4.72. The number of halogens is 2. The molecular formula is C9H11BrFNO. The molecule has 2 nitrogen and oxygen atoms in total. The monoisotopic (exact) mass is 247 g/mol. The van der Waals surface area contributed by atoms with Crippen LogP contribution in [0.3, 0.4) is 0 Å². The summed E-state index contributed by atoms with van der Waals surface area (Å²) in [7, 11) is 0. The molecule has 0 bridgehead atoms. The first kappa shape index (κ1) is 10.5. The van der Waals surface area contributed by atoms with E-state index in [-0.39, 0.29) is 18.7 Å². The number of hydrogen-bond donors (Lipinski definition) is 2. The number of rotatable bonds is 3. The van der Waals surface area contributed by atoms with Crippen molar-refractivity contribution in [3.8, 4) is 5.75 Å². The van der Waals surface area contributed by atoms with Crippen LogP contribution in [0.1, 0.15) is 18.2 Å². The molecule has 0 radical (unpaired) electrons.